The van der Waals surface area contributed by atoms with Gasteiger partial charge in [-0.05, 0) is 12.8 Å². The normalized spacial score (nSPS) is 21.2. The van der Waals surface area contributed by atoms with Crippen LogP contribution in [0.4, 0.5) is 0 Å². The van der Waals surface area contributed by atoms with Gasteiger partial charge in [0.25, 0.3) is 0 Å². The molecule has 0 radical (unpaired) electrons. The first-order chi connectivity index (χ1) is 10.6. The molecule has 0 amide bonds. The number of hydrogen-bond acceptors (Lipinski definition) is 3. The molecule has 0 heterocycles. The van der Waals surface area contributed by atoms with Crippen LogP contribution < -0.4 is 0 Å². The van der Waals surface area contributed by atoms with E-state index in [0.717, 1.165) is 25.7 Å². The second kappa shape index (κ2) is 15.1. The van der Waals surface area contributed by atoms with Crippen molar-refractivity contribution in [1.29, 1.82) is 0 Å². The summed E-state index contributed by atoms with van der Waals surface area (Å²) in [5, 5.41) is 19.6. The molecule has 0 aromatic heterocycles. The van der Waals surface area contributed by atoms with E-state index in [1.807, 2.05) is 0 Å². The monoisotopic (exact) mass is 312 g/mol. The van der Waals surface area contributed by atoms with E-state index in [-0.39, 0.29) is 0 Å². The van der Waals surface area contributed by atoms with Gasteiger partial charge in [0.05, 0.1) is 12.5 Å². The smallest absolute Gasteiger partial charge is 0.162 e. The van der Waals surface area contributed by atoms with Crippen molar-refractivity contribution in [2.75, 3.05) is 0 Å². The van der Waals surface area contributed by atoms with Gasteiger partial charge >= 0.3 is 0 Å². The topological polar surface area (TPSA) is 49.7 Å². The Morgan fingerprint density at radius 3 is 1.09 bits per heavy atom. The summed E-state index contributed by atoms with van der Waals surface area (Å²) in [6, 6.07) is 0. The Morgan fingerprint density at radius 1 is 0.591 bits per heavy atom. The van der Waals surface area contributed by atoms with Crippen molar-refractivity contribution in [2.24, 2.45) is 0 Å². The largest absolute Gasteiger partial charge is 0.474 e. The molecule has 130 valence electrons. The average molecular weight is 312 g/mol. The molecule has 0 aromatic rings. The van der Waals surface area contributed by atoms with Gasteiger partial charge in [-0.1, -0.05) is 77.4 Å². The van der Waals surface area contributed by atoms with E-state index in [1.165, 1.54) is 63.9 Å². The molecule has 0 spiro atoms. The Hall–Kier alpha value is -0.800. The van der Waals surface area contributed by atoms with E-state index in [4.69, 9.17) is 0 Å². The highest BCUT2D eigenvalue weighted by atomic mass is 16.5. The molecule has 0 saturated heterocycles. The van der Waals surface area contributed by atoms with Crippen LogP contribution in [0.2, 0.25) is 0 Å². The lowest BCUT2D eigenvalue weighted by atomic mass is 10.00. The fraction of sp³-hybridized carbons (Fsp3) is 0.789. The molecule has 1 fully saturated rings. The molecule has 1 aliphatic carbocycles. The molecule has 0 bridgehead atoms. The highest BCUT2D eigenvalue weighted by molar-refractivity contribution is 4.65. The Balaban J connectivity index is 0.000000763. The van der Waals surface area contributed by atoms with Crippen LogP contribution >= 0.6 is 0 Å². The standard InChI is InChI=1S/C15H30O2.C4H6O/c16-15(17)13-11-9-7-5-3-1-2-4-6-8-10-12-14-15;1-3-5-4-2/h16-17H,1-14H2;3-4H,1-2H2. The van der Waals surface area contributed by atoms with Crippen LogP contribution in [0.15, 0.2) is 25.7 Å². The van der Waals surface area contributed by atoms with Crippen LogP contribution in [0.5, 0.6) is 0 Å². The van der Waals surface area contributed by atoms with Gasteiger partial charge in [0, 0.05) is 12.8 Å². The first kappa shape index (κ1) is 21.2. The maximum atomic E-state index is 9.80. The van der Waals surface area contributed by atoms with Crippen molar-refractivity contribution in [3.05, 3.63) is 25.7 Å². The van der Waals surface area contributed by atoms with Crippen molar-refractivity contribution in [3.63, 3.8) is 0 Å². The Kier molecular flexibility index (Phi) is 14.6. The lowest BCUT2D eigenvalue weighted by Crippen LogP contribution is -2.27. The molecule has 0 atom stereocenters. The maximum absolute atomic E-state index is 9.80. The summed E-state index contributed by atoms with van der Waals surface area (Å²) in [5.41, 5.74) is 0. The zero-order valence-electron chi connectivity index (χ0n) is 14.3. The van der Waals surface area contributed by atoms with Gasteiger partial charge in [-0.15, -0.1) is 0 Å². The number of aliphatic hydroxyl groups is 2. The lowest BCUT2D eigenvalue weighted by Gasteiger charge is -2.21. The van der Waals surface area contributed by atoms with E-state index in [0.29, 0.717) is 12.8 Å². The third-order valence-corrected chi connectivity index (χ3v) is 4.10. The molecule has 1 saturated carbocycles. The molecule has 0 aliphatic heterocycles. The van der Waals surface area contributed by atoms with Crippen LogP contribution in [-0.4, -0.2) is 16.0 Å². The third kappa shape index (κ3) is 15.6. The van der Waals surface area contributed by atoms with Crippen molar-refractivity contribution in [1.82, 2.24) is 0 Å². The maximum Gasteiger partial charge on any atom is 0.162 e. The third-order valence-electron chi connectivity index (χ3n) is 4.10. The van der Waals surface area contributed by atoms with Gasteiger partial charge in [-0.2, -0.15) is 0 Å². The Labute approximate surface area is 137 Å². The molecule has 3 heteroatoms. The van der Waals surface area contributed by atoms with Gasteiger partial charge < -0.3 is 14.9 Å². The van der Waals surface area contributed by atoms with Crippen LogP contribution in [0.3, 0.4) is 0 Å². The van der Waals surface area contributed by atoms with Crippen LogP contribution in [-0.2, 0) is 4.74 Å². The summed E-state index contributed by atoms with van der Waals surface area (Å²) in [6.07, 6.45) is 18.7. The van der Waals surface area contributed by atoms with Crippen LogP contribution in [0.1, 0.15) is 89.9 Å². The van der Waals surface area contributed by atoms with Gasteiger partial charge in [0.15, 0.2) is 5.79 Å². The molecule has 22 heavy (non-hydrogen) atoms. The molecule has 1 rings (SSSR count). The first-order valence-electron chi connectivity index (χ1n) is 8.94. The highest BCUT2D eigenvalue weighted by Gasteiger charge is 2.21. The second-order valence-electron chi connectivity index (χ2n) is 6.19. The first-order valence-corrected chi connectivity index (χ1v) is 8.94. The predicted molar refractivity (Wildman–Crippen MR) is 93.3 cm³/mol. The van der Waals surface area contributed by atoms with E-state index >= 15 is 0 Å². The van der Waals surface area contributed by atoms with Crippen molar-refractivity contribution < 1.29 is 14.9 Å². The van der Waals surface area contributed by atoms with Crippen LogP contribution in [0.25, 0.3) is 0 Å². The number of hydrogen-bond donors (Lipinski definition) is 2. The molecular weight excluding hydrogens is 276 g/mol. The summed E-state index contributed by atoms with van der Waals surface area (Å²) in [4.78, 5) is 0. The summed E-state index contributed by atoms with van der Waals surface area (Å²) in [5.74, 6) is -1.39. The summed E-state index contributed by atoms with van der Waals surface area (Å²) >= 11 is 0. The number of rotatable bonds is 2. The van der Waals surface area contributed by atoms with Crippen molar-refractivity contribution >= 4 is 0 Å². The summed E-state index contributed by atoms with van der Waals surface area (Å²) in [6.45, 7) is 6.51. The fourth-order valence-electron chi connectivity index (χ4n) is 2.78. The zero-order valence-corrected chi connectivity index (χ0v) is 14.3. The molecule has 1 aliphatic rings. The molecule has 0 unspecified atom stereocenters. The van der Waals surface area contributed by atoms with E-state index < -0.39 is 5.79 Å². The van der Waals surface area contributed by atoms with Crippen molar-refractivity contribution in [2.45, 2.75) is 95.7 Å². The Morgan fingerprint density at radius 2 is 0.864 bits per heavy atom. The fourth-order valence-corrected chi connectivity index (χ4v) is 2.78. The van der Waals surface area contributed by atoms with Gasteiger partial charge in [0.1, 0.15) is 0 Å². The second-order valence-corrected chi connectivity index (χ2v) is 6.19. The molecular formula is C19H36O3. The van der Waals surface area contributed by atoms with Crippen molar-refractivity contribution in [3.8, 4) is 0 Å². The number of ether oxygens (including phenoxy) is 1. The predicted octanol–water partition coefficient (Wildman–Crippen LogP) is 5.43. The zero-order chi connectivity index (χ0) is 16.5. The van der Waals surface area contributed by atoms with E-state index in [9.17, 15) is 10.2 Å². The van der Waals surface area contributed by atoms with Gasteiger partial charge in [-0.25, -0.2) is 0 Å². The SMILES string of the molecule is C=COC=C.OC1(O)CCCCCCCCCCCCCC1. The summed E-state index contributed by atoms with van der Waals surface area (Å²) in [7, 11) is 0. The molecule has 0 aromatic carbocycles. The molecule has 3 nitrogen and oxygen atoms in total. The Bertz CT molecular complexity index is 237. The van der Waals surface area contributed by atoms with Gasteiger partial charge in [0.2, 0.25) is 0 Å². The minimum Gasteiger partial charge on any atom is -0.474 e. The van der Waals surface area contributed by atoms with E-state index in [2.05, 4.69) is 17.9 Å². The quantitative estimate of drug-likeness (QED) is 0.528. The summed E-state index contributed by atoms with van der Waals surface area (Å²) < 4.78 is 4.36. The average Bonchev–Trinajstić information content (AvgIpc) is 2.49. The minimum absolute atomic E-state index is 0.562. The van der Waals surface area contributed by atoms with Gasteiger partial charge in [-0.3, -0.25) is 0 Å². The minimum atomic E-state index is -1.39. The van der Waals surface area contributed by atoms with Crippen LogP contribution in [0, 0.1) is 0 Å². The van der Waals surface area contributed by atoms with E-state index in [1.54, 1.807) is 0 Å². The lowest BCUT2D eigenvalue weighted by molar-refractivity contribution is -0.172. The highest BCUT2D eigenvalue weighted by Crippen LogP contribution is 2.21. The molecule has 2 N–H and O–H groups in total.